The summed E-state index contributed by atoms with van der Waals surface area (Å²) in [5.41, 5.74) is 1.39. The van der Waals surface area contributed by atoms with Crippen LogP contribution in [0.3, 0.4) is 0 Å². The third-order valence-electron chi connectivity index (χ3n) is 1.62. The van der Waals surface area contributed by atoms with Crippen molar-refractivity contribution in [1.82, 2.24) is 5.01 Å². The van der Waals surface area contributed by atoms with Crippen LogP contribution in [-0.2, 0) is 4.79 Å². The van der Waals surface area contributed by atoms with E-state index >= 15 is 0 Å². The van der Waals surface area contributed by atoms with E-state index in [1.165, 1.54) is 5.01 Å². The van der Waals surface area contributed by atoms with Crippen LogP contribution in [0.5, 0.6) is 0 Å². The number of hydrogen-bond donors (Lipinski definition) is 1. The lowest BCUT2D eigenvalue weighted by Crippen LogP contribution is -2.23. The number of aldehydes is 1. The van der Waals surface area contributed by atoms with Gasteiger partial charge in [0.1, 0.15) is 6.29 Å². The Kier molecular flexibility index (Phi) is 6.93. The zero-order valence-corrected chi connectivity index (χ0v) is 9.47. The third-order valence-corrected chi connectivity index (χ3v) is 1.62. The van der Waals surface area contributed by atoms with Gasteiger partial charge in [0.2, 0.25) is 0 Å². The normalized spacial score (nSPS) is 13.9. The van der Waals surface area contributed by atoms with E-state index in [0.717, 1.165) is 12.0 Å². The fourth-order valence-corrected chi connectivity index (χ4v) is 0.918. The van der Waals surface area contributed by atoms with Gasteiger partial charge in [-0.05, 0) is 32.9 Å². The molecule has 0 aromatic rings. The van der Waals surface area contributed by atoms with Gasteiger partial charge in [0, 0.05) is 11.8 Å². The molecule has 0 aliphatic heterocycles. The van der Waals surface area contributed by atoms with Crippen molar-refractivity contribution in [2.45, 2.75) is 20.8 Å². The van der Waals surface area contributed by atoms with Crippen molar-refractivity contribution in [3.05, 3.63) is 47.9 Å². The van der Waals surface area contributed by atoms with E-state index < -0.39 is 0 Å². The van der Waals surface area contributed by atoms with Crippen molar-refractivity contribution in [3.63, 3.8) is 0 Å². The maximum Gasteiger partial charge on any atom is 0.147 e. The number of hydrazine groups is 1. The summed E-state index contributed by atoms with van der Waals surface area (Å²) in [4.78, 5) is 10.4. The first-order valence-corrected chi connectivity index (χ1v) is 4.79. The molecule has 0 aliphatic carbocycles. The monoisotopic (exact) mass is 206 g/mol. The van der Waals surface area contributed by atoms with Crippen molar-refractivity contribution in [2.24, 2.45) is 5.84 Å². The van der Waals surface area contributed by atoms with Gasteiger partial charge in [-0.15, -0.1) is 0 Å². The van der Waals surface area contributed by atoms with Crippen LogP contribution in [0.25, 0.3) is 0 Å². The minimum atomic E-state index is 0.577. The van der Waals surface area contributed by atoms with E-state index in [-0.39, 0.29) is 0 Å². The predicted octanol–water partition coefficient (Wildman–Crippen LogP) is 2.30. The van der Waals surface area contributed by atoms with Gasteiger partial charge in [0.15, 0.2) is 0 Å². The third kappa shape index (κ3) is 5.65. The summed E-state index contributed by atoms with van der Waals surface area (Å²) in [6, 6.07) is 0. The Balaban J connectivity index is 4.85. The molecule has 0 bridgehead atoms. The molecule has 0 amide bonds. The SMILES string of the molecule is C\C=C/C=C(\C=C/C)N(N)/C=C(\C)C=O. The number of hydrogen-bond acceptors (Lipinski definition) is 3. The molecule has 0 aromatic heterocycles. The van der Waals surface area contributed by atoms with E-state index in [0.29, 0.717) is 5.57 Å². The first-order chi connectivity index (χ1) is 7.15. The largest absolute Gasteiger partial charge is 0.298 e. The number of allylic oxidation sites excluding steroid dienone is 6. The molecule has 0 unspecified atom stereocenters. The molecule has 2 N–H and O–H groups in total. The Morgan fingerprint density at radius 1 is 1.27 bits per heavy atom. The van der Waals surface area contributed by atoms with Crippen molar-refractivity contribution < 1.29 is 4.79 Å². The molecule has 0 saturated carbocycles. The fourth-order valence-electron chi connectivity index (χ4n) is 0.918. The Morgan fingerprint density at radius 2 is 1.93 bits per heavy atom. The summed E-state index contributed by atoms with van der Waals surface area (Å²) in [5, 5.41) is 1.42. The van der Waals surface area contributed by atoms with Crippen LogP contribution in [0.15, 0.2) is 47.9 Å². The van der Waals surface area contributed by atoms with Crippen LogP contribution in [-0.4, -0.2) is 11.3 Å². The molecule has 0 spiro atoms. The van der Waals surface area contributed by atoms with Crippen LogP contribution < -0.4 is 5.84 Å². The van der Waals surface area contributed by atoms with Gasteiger partial charge in [-0.3, -0.25) is 9.80 Å². The Labute approximate surface area is 91.2 Å². The molecule has 0 aromatic carbocycles. The molecule has 0 radical (unpaired) electrons. The molecule has 15 heavy (non-hydrogen) atoms. The molecule has 0 fully saturated rings. The highest BCUT2D eigenvalue weighted by molar-refractivity contribution is 5.71. The summed E-state index contributed by atoms with van der Waals surface area (Å²) in [6.45, 7) is 5.54. The van der Waals surface area contributed by atoms with Gasteiger partial charge in [0.05, 0.1) is 5.70 Å². The zero-order valence-electron chi connectivity index (χ0n) is 9.47. The van der Waals surface area contributed by atoms with Crippen molar-refractivity contribution >= 4 is 6.29 Å². The number of nitrogens with zero attached hydrogens (tertiary/aromatic N) is 1. The summed E-state index contributed by atoms with van der Waals surface area (Å²) >= 11 is 0. The molecule has 0 saturated heterocycles. The zero-order chi connectivity index (χ0) is 11.7. The van der Waals surface area contributed by atoms with E-state index in [9.17, 15) is 4.79 Å². The summed E-state index contributed by atoms with van der Waals surface area (Å²) < 4.78 is 0. The molecular formula is C12H18N2O. The topological polar surface area (TPSA) is 46.3 Å². The Morgan fingerprint density at radius 3 is 2.40 bits per heavy atom. The van der Waals surface area contributed by atoms with Gasteiger partial charge in [0.25, 0.3) is 0 Å². The minimum absolute atomic E-state index is 0.577. The molecule has 3 heteroatoms. The molecule has 0 rings (SSSR count). The Hall–Kier alpha value is -1.61. The van der Waals surface area contributed by atoms with Crippen molar-refractivity contribution in [1.29, 1.82) is 0 Å². The number of rotatable bonds is 5. The van der Waals surface area contributed by atoms with Gasteiger partial charge in [-0.2, -0.15) is 0 Å². The highest BCUT2D eigenvalue weighted by Gasteiger charge is 1.97. The maximum absolute atomic E-state index is 10.4. The molecule has 0 aliphatic rings. The first-order valence-electron chi connectivity index (χ1n) is 4.79. The van der Waals surface area contributed by atoms with Gasteiger partial charge < -0.3 is 0 Å². The average molecular weight is 206 g/mol. The standard InChI is InChI=1S/C12H18N2O/c1-4-6-8-12(7-5-2)14(13)9-11(3)10-15/h4-10H,13H2,1-3H3/b6-4-,7-5-,11-9+,12-8+. The summed E-state index contributed by atoms with van der Waals surface area (Å²) in [6.07, 6.45) is 11.8. The quantitative estimate of drug-likeness (QED) is 0.247. The van der Waals surface area contributed by atoms with Crippen LogP contribution in [0.4, 0.5) is 0 Å². The number of carbonyl (C=O) groups is 1. The lowest BCUT2D eigenvalue weighted by molar-refractivity contribution is -0.104. The van der Waals surface area contributed by atoms with Crippen LogP contribution in [0, 0.1) is 0 Å². The van der Waals surface area contributed by atoms with Crippen LogP contribution >= 0.6 is 0 Å². The van der Waals surface area contributed by atoms with E-state index in [4.69, 9.17) is 5.84 Å². The second-order valence-electron chi connectivity index (χ2n) is 3.02. The highest BCUT2D eigenvalue weighted by Crippen LogP contribution is 2.04. The Bertz CT molecular complexity index is 312. The molecule has 0 atom stereocenters. The maximum atomic E-state index is 10.4. The molecule has 82 valence electrons. The molecule has 3 nitrogen and oxygen atoms in total. The second kappa shape index (κ2) is 7.76. The average Bonchev–Trinajstić information content (AvgIpc) is 2.23. The minimum Gasteiger partial charge on any atom is -0.298 e. The van der Waals surface area contributed by atoms with E-state index in [1.54, 1.807) is 13.1 Å². The first kappa shape index (κ1) is 13.4. The van der Waals surface area contributed by atoms with E-state index in [2.05, 4.69) is 0 Å². The lowest BCUT2D eigenvalue weighted by Gasteiger charge is -2.14. The second-order valence-corrected chi connectivity index (χ2v) is 3.02. The molecule has 0 heterocycles. The molecular weight excluding hydrogens is 188 g/mol. The summed E-state index contributed by atoms with van der Waals surface area (Å²) in [7, 11) is 0. The fraction of sp³-hybridized carbons (Fsp3) is 0.250. The highest BCUT2D eigenvalue weighted by atomic mass is 16.1. The lowest BCUT2D eigenvalue weighted by atomic mass is 10.3. The van der Waals surface area contributed by atoms with E-state index in [1.807, 2.05) is 44.2 Å². The van der Waals surface area contributed by atoms with Gasteiger partial charge in [-0.25, -0.2) is 5.84 Å². The van der Waals surface area contributed by atoms with Crippen LogP contribution in [0.1, 0.15) is 20.8 Å². The van der Waals surface area contributed by atoms with Crippen LogP contribution in [0.2, 0.25) is 0 Å². The predicted molar refractivity (Wildman–Crippen MR) is 63.6 cm³/mol. The van der Waals surface area contributed by atoms with Gasteiger partial charge >= 0.3 is 0 Å². The van der Waals surface area contributed by atoms with Crippen molar-refractivity contribution in [2.75, 3.05) is 0 Å². The smallest absolute Gasteiger partial charge is 0.147 e. The van der Waals surface area contributed by atoms with Crippen molar-refractivity contribution in [3.8, 4) is 0 Å². The number of nitrogens with two attached hydrogens (primary N) is 1. The number of carbonyl (C=O) groups excluding carboxylic acids is 1. The summed E-state index contributed by atoms with van der Waals surface area (Å²) in [5.74, 6) is 5.77. The van der Waals surface area contributed by atoms with Gasteiger partial charge in [-0.1, -0.05) is 18.2 Å².